The molecule has 29 heavy (non-hydrogen) atoms. The van der Waals surface area contributed by atoms with Crippen molar-refractivity contribution in [2.75, 3.05) is 31.7 Å². The molecule has 0 heterocycles. The smallest absolute Gasteiger partial charge is 0.255 e. The Morgan fingerprint density at radius 2 is 1.59 bits per heavy atom. The zero-order valence-electron chi connectivity index (χ0n) is 17.3. The van der Waals surface area contributed by atoms with Crippen LogP contribution in [0.25, 0.3) is 0 Å². The SMILES string of the molecule is CCCOc1c(Cl)cc(C(=O)Nc2cc(OCC)ccc2OCC)cc1OCC. The Bertz CT molecular complexity index is 825. The van der Waals surface area contributed by atoms with Crippen molar-refractivity contribution in [3.05, 3.63) is 40.9 Å². The van der Waals surface area contributed by atoms with Gasteiger partial charge in [0, 0.05) is 11.6 Å². The molecule has 0 saturated heterocycles. The van der Waals surface area contributed by atoms with Crippen LogP contribution in [-0.4, -0.2) is 32.3 Å². The van der Waals surface area contributed by atoms with Crippen LogP contribution < -0.4 is 24.3 Å². The molecular formula is C22H28ClNO5. The maximum atomic E-state index is 12.9. The third-order valence-electron chi connectivity index (χ3n) is 3.83. The van der Waals surface area contributed by atoms with Gasteiger partial charge in [-0.2, -0.15) is 0 Å². The van der Waals surface area contributed by atoms with Crippen molar-refractivity contribution in [2.24, 2.45) is 0 Å². The van der Waals surface area contributed by atoms with Gasteiger partial charge in [-0.25, -0.2) is 0 Å². The lowest BCUT2D eigenvalue weighted by Crippen LogP contribution is -2.14. The second-order valence-electron chi connectivity index (χ2n) is 6.04. The monoisotopic (exact) mass is 421 g/mol. The highest BCUT2D eigenvalue weighted by atomic mass is 35.5. The molecule has 158 valence electrons. The fourth-order valence-corrected chi connectivity index (χ4v) is 2.91. The zero-order chi connectivity index (χ0) is 21.2. The Balaban J connectivity index is 2.33. The van der Waals surface area contributed by atoms with Crippen LogP contribution in [0.2, 0.25) is 5.02 Å². The van der Waals surface area contributed by atoms with E-state index >= 15 is 0 Å². The number of carbonyl (C=O) groups is 1. The van der Waals surface area contributed by atoms with Gasteiger partial charge in [-0.1, -0.05) is 18.5 Å². The zero-order valence-corrected chi connectivity index (χ0v) is 18.1. The highest BCUT2D eigenvalue weighted by Gasteiger charge is 2.18. The number of anilines is 1. The molecule has 0 fully saturated rings. The average Bonchev–Trinajstić information content (AvgIpc) is 2.69. The van der Waals surface area contributed by atoms with Crippen molar-refractivity contribution < 1.29 is 23.7 Å². The summed E-state index contributed by atoms with van der Waals surface area (Å²) in [6.45, 7) is 9.57. The number of ether oxygens (including phenoxy) is 4. The summed E-state index contributed by atoms with van der Waals surface area (Å²) in [5, 5.41) is 3.19. The maximum Gasteiger partial charge on any atom is 0.255 e. The van der Waals surface area contributed by atoms with Gasteiger partial charge in [0.1, 0.15) is 11.5 Å². The summed E-state index contributed by atoms with van der Waals surface area (Å²) < 4.78 is 22.5. The Hall–Kier alpha value is -2.60. The quantitative estimate of drug-likeness (QED) is 0.513. The highest BCUT2D eigenvalue weighted by Crippen LogP contribution is 2.37. The number of halogens is 1. The van der Waals surface area contributed by atoms with Crippen molar-refractivity contribution in [3.63, 3.8) is 0 Å². The predicted molar refractivity (Wildman–Crippen MR) is 115 cm³/mol. The summed E-state index contributed by atoms with van der Waals surface area (Å²) in [5.41, 5.74) is 0.870. The number of amides is 1. The van der Waals surface area contributed by atoms with Gasteiger partial charge < -0.3 is 24.3 Å². The first-order valence-electron chi connectivity index (χ1n) is 9.84. The fourth-order valence-electron chi connectivity index (χ4n) is 2.65. The molecule has 0 atom stereocenters. The van der Waals surface area contributed by atoms with Crippen LogP contribution in [0.3, 0.4) is 0 Å². The Labute approximate surface area is 177 Å². The van der Waals surface area contributed by atoms with Crippen LogP contribution in [0.1, 0.15) is 44.5 Å². The summed E-state index contributed by atoms with van der Waals surface area (Å²) in [5.74, 6) is 1.74. The average molecular weight is 422 g/mol. The minimum absolute atomic E-state index is 0.322. The van der Waals surface area contributed by atoms with Crippen LogP contribution in [0, 0.1) is 0 Å². The van der Waals surface area contributed by atoms with Gasteiger partial charge in [0.15, 0.2) is 11.5 Å². The van der Waals surface area contributed by atoms with E-state index in [1.807, 2.05) is 27.7 Å². The number of carbonyl (C=O) groups excluding carboxylic acids is 1. The van der Waals surface area contributed by atoms with E-state index in [1.165, 1.54) is 0 Å². The molecule has 0 aliphatic rings. The number of hydrogen-bond acceptors (Lipinski definition) is 5. The van der Waals surface area contributed by atoms with Crippen LogP contribution in [0.4, 0.5) is 5.69 Å². The van der Waals surface area contributed by atoms with E-state index in [0.29, 0.717) is 65.7 Å². The van der Waals surface area contributed by atoms with Crippen LogP contribution in [0.5, 0.6) is 23.0 Å². The van der Waals surface area contributed by atoms with Gasteiger partial charge in [-0.15, -0.1) is 0 Å². The van der Waals surface area contributed by atoms with Gasteiger partial charge >= 0.3 is 0 Å². The van der Waals surface area contributed by atoms with Gasteiger partial charge in [-0.05, 0) is 51.5 Å². The Morgan fingerprint density at radius 3 is 2.24 bits per heavy atom. The van der Waals surface area contributed by atoms with E-state index in [0.717, 1.165) is 6.42 Å². The van der Waals surface area contributed by atoms with E-state index in [1.54, 1.807) is 30.3 Å². The number of rotatable bonds is 11. The minimum atomic E-state index is -0.343. The molecule has 0 saturated carbocycles. The van der Waals surface area contributed by atoms with Crippen LogP contribution in [-0.2, 0) is 0 Å². The molecule has 2 aromatic carbocycles. The summed E-state index contributed by atoms with van der Waals surface area (Å²) >= 11 is 6.37. The highest BCUT2D eigenvalue weighted by molar-refractivity contribution is 6.32. The largest absolute Gasteiger partial charge is 0.494 e. The van der Waals surface area contributed by atoms with E-state index in [2.05, 4.69) is 5.32 Å². The first-order valence-corrected chi connectivity index (χ1v) is 10.2. The molecule has 0 aliphatic carbocycles. The van der Waals surface area contributed by atoms with Crippen LogP contribution >= 0.6 is 11.6 Å². The lowest BCUT2D eigenvalue weighted by Gasteiger charge is -2.16. The number of benzene rings is 2. The molecule has 7 heteroatoms. The third-order valence-corrected chi connectivity index (χ3v) is 4.11. The topological polar surface area (TPSA) is 66.0 Å². The van der Waals surface area contributed by atoms with Crippen LogP contribution in [0.15, 0.2) is 30.3 Å². The van der Waals surface area contributed by atoms with E-state index < -0.39 is 0 Å². The summed E-state index contributed by atoms with van der Waals surface area (Å²) in [6, 6.07) is 8.49. The summed E-state index contributed by atoms with van der Waals surface area (Å²) in [6.07, 6.45) is 0.834. The molecule has 2 rings (SSSR count). The van der Waals surface area contributed by atoms with E-state index in [-0.39, 0.29) is 5.91 Å². The van der Waals surface area contributed by atoms with E-state index in [9.17, 15) is 4.79 Å². The van der Waals surface area contributed by atoms with Gasteiger partial charge in [0.2, 0.25) is 0 Å². The molecule has 0 radical (unpaired) electrons. The molecule has 1 amide bonds. The molecule has 1 N–H and O–H groups in total. The first-order chi connectivity index (χ1) is 14.0. The van der Waals surface area contributed by atoms with Gasteiger partial charge in [-0.3, -0.25) is 4.79 Å². The number of nitrogens with one attached hydrogen (secondary N) is 1. The standard InChI is InChI=1S/C22H28ClNO5/c1-5-11-29-21-17(23)12-15(13-20(21)28-8-4)22(25)24-18-14-16(26-6-2)9-10-19(18)27-7-3/h9-10,12-14H,5-8,11H2,1-4H3,(H,24,25). The molecule has 2 aromatic rings. The van der Waals surface area contributed by atoms with Crippen molar-refractivity contribution in [3.8, 4) is 23.0 Å². The molecule has 6 nitrogen and oxygen atoms in total. The number of hydrogen-bond donors (Lipinski definition) is 1. The normalized spacial score (nSPS) is 10.4. The van der Waals surface area contributed by atoms with Crippen molar-refractivity contribution >= 4 is 23.2 Å². The predicted octanol–water partition coefficient (Wildman–Crippen LogP) is 5.58. The molecule has 0 aliphatic heterocycles. The molecule has 0 unspecified atom stereocenters. The minimum Gasteiger partial charge on any atom is -0.494 e. The molecule has 0 aromatic heterocycles. The second kappa shape index (κ2) is 11.4. The summed E-state index contributed by atoms with van der Waals surface area (Å²) in [7, 11) is 0. The van der Waals surface area contributed by atoms with Crippen molar-refractivity contribution in [1.82, 2.24) is 0 Å². The van der Waals surface area contributed by atoms with Gasteiger partial charge in [0.25, 0.3) is 5.91 Å². The molecule has 0 bridgehead atoms. The molecule has 0 spiro atoms. The lowest BCUT2D eigenvalue weighted by atomic mass is 10.1. The maximum absolute atomic E-state index is 12.9. The fraction of sp³-hybridized carbons (Fsp3) is 0.409. The summed E-state index contributed by atoms with van der Waals surface area (Å²) in [4.78, 5) is 12.9. The Morgan fingerprint density at radius 1 is 0.897 bits per heavy atom. The van der Waals surface area contributed by atoms with Gasteiger partial charge in [0.05, 0.1) is 37.1 Å². The first kappa shape index (κ1) is 22.7. The van der Waals surface area contributed by atoms with E-state index in [4.69, 9.17) is 30.5 Å². The van der Waals surface area contributed by atoms with Crippen molar-refractivity contribution in [2.45, 2.75) is 34.1 Å². The molecular weight excluding hydrogens is 394 g/mol. The third kappa shape index (κ3) is 6.19. The van der Waals surface area contributed by atoms with Crippen molar-refractivity contribution in [1.29, 1.82) is 0 Å². The Kier molecular flexibility index (Phi) is 8.93. The lowest BCUT2D eigenvalue weighted by molar-refractivity contribution is 0.102. The second-order valence-corrected chi connectivity index (χ2v) is 6.45.